The Balaban J connectivity index is 1.87. The van der Waals surface area contributed by atoms with Gasteiger partial charge in [0.2, 0.25) is 5.91 Å². The molecule has 3 N–H and O–H groups in total. The molecule has 1 aliphatic rings. The Labute approximate surface area is 159 Å². The van der Waals surface area contributed by atoms with E-state index in [2.05, 4.69) is 15.5 Å². The van der Waals surface area contributed by atoms with Crippen molar-refractivity contribution in [2.45, 2.75) is 42.8 Å². The summed E-state index contributed by atoms with van der Waals surface area (Å²) in [5, 5.41) is 10.4. The van der Waals surface area contributed by atoms with E-state index in [-0.39, 0.29) is 11.9 Å². The number of nitrogens with zero attached hydrogens (tertiary/aromatic N) is 3. The third-order valence-electron chi connectivity index (χ3n) is 4.13. The monoisotopic (exact) mass is 393 g/mol. The van der Waals surface area contributed by atoms with E-state index in [9.17, 15) is 14.0 Å². The van der Waals surface area contributed by atoms with Gasteiger partial charge in [0.15, 0.2) is 11.0 Å². The Bertz CT molecular complexity index is 820. The molecule has 1 aromatic heterocycles. The molecule has 1 fully saturated rings. The predicted octanol–water partition coefficient (Wildman–Crippen LogP) is 1.94. The molecular formula is C17H20FN5O3S. The number of halogens is 1. The van der Waals surface area contributed by atoms with Crippen molar-refractivity contribution in [3.63, 3.8) is 0 Å². The maximum absolute atomic E-state index is 13.3. The number of aromatic nitrogens is 3. The number of thioether (sulfide) groups is 1. The zero-order chi connectivity index (χ0) is 19.4. The summed E-state index contributed by atoms with van der Waals surface area (Å²) < 4.78 is 20.8. The summed E-state index contributed by atoms with van der Waals surface area (Å²) in [6, 6.07) is 5.07. The Kier molecular flexibility index (Phi) is 6.07. The highest BCUT2D eigenvalue weighted by Crippen LogP contribution is 2.29. The van der Waals surface area contributed by atoms with Crippen molar-refractivity contribution >= 4 is 23.7 Å². The van der Waals surface area contributed by atoms with Crippen molar-refractivity contribution in [1.82, 2.24) is 20.1 Å². The molecule has 27 heavy (non-hydrogen) atoms. The first kappa shape index (κ1) is 19.3. The van der Waals surface area contributed by atoms with Gasteiger partial charge in [-0.05, 0) is 44.0 Å². The summed E-state index contributed by atoms with van der Waals surface area (Å²) in [5.41, 5.74) is 5.71. The van der Waals surface area contributed by atoms with Gasteiger partial charge in [0.25, 0.3) is 0 Å². The van der Waals surface area contributed by atoms with Gasteiger partial charge in [-0.2, -0.15) is 0 Å². The number of imide groups is 1. The molecule has 0 saturated carbocycles. The molecule has 1 saturated heterocycles. The smallest absolute Gasteiger partial charge is 0.318 e. The van der Waals surface area contributed by atoms with Crippen molar-refractivity contribution in [2.75, 3.05) is 6.61 Å². The summed E-state index contributed by atoms with van der Waals surface area (Å²) >= 11 is 1.16. The average molecular weight is 393 g/mol. The van der Waals surface area contributed by atoms with E-state index in [0.29, 0.717) is 29.7 Å². The number of carbonyl (C=O) groups excluding carboxylic acids is 2. The standard InChI is InChI=1S/C17H20FN5O3S/c1-10(15(24)20-16(19)25)27-17-22-21-14(11-4-6-12(18)7-5-11)23(17)9-13-3-2-8-26-13/h4-7,10,13H,2-3,8-9H2,1H3,(H3,19,20,24,25)/t10-,13-/m1/s1. The highest BCUT2D eigenvalue weighted by atomic mass is 32.2. The maximum Gasteiger partial charge on any atom is 0.318 e. The first-order valence-corrected chi connectivity index (χ1v) is 9.39. The normalized spacial score (nSPS) is 17.6. The lowest BCUT2D eigenvalue weighted by Gasteiger charge is -2.16. The molecule has 1 aliphatic heterocycles. The van der Waals surface area contributed by atoms with Gasteiger partial charge >= 0.3 is 6.03 Å². The predicted molar refractivity (Wildman–Crippen MR) is 97.4 cm³/mol. The maximum atomic E-state index is 13.3. The second-order valence-corrected chi connectivity index (χ2v) is 7.48. The molecule has 2 heterocycles. The number of nitrogens with two attached hydrogens (primary N) is 1. The lowest BCUT2D eigenvalue weighted by atomic mass is 10.2. The third-order valence-corrected chi connectivity index (χ3v) is 5.21. The van der Waals surface area contributed by atoms with E-state index in [1.54, 1.807) is 19.1 Å². The lowest BCUT2D eigenvalue weighted by Crippen LogP contribution is -2.39. The molecular weight excluding hydrogens is 373 g/mol. The Morgan fingerprint density at radius 3 is 2.78 bits per heavy atom. The minimum Gasteiger partial charge on any atom is -0.376 e. The molecule has 0 bridgehead atoms. The van der Waals surface area contributed by atoms with Gasteiger partial charge in [-0.15, -0.1) is 10.2 Å². The van der Waals surface area contributed by atoms with Crippen molar-refractivity contribution < 1.29 is 18.7 Å². The molecule has 10 heteroatoms. The van der Waals surface area contributed by atoms with Crippen LogP contribution in [0.15, 0.2) is 29.4 Å². The number of nitrogens with one attached hydrogen (secondary N) is 1. The molecule has 0 radical (unpaired) electrons. The molecule has 3 amide bonds. The zero-order valence-electron chi connectivity index (χ0n) is 14.7. The van der Waals surface area contributed by atoms with Crippen LogP contribution >= 0.6 is 11.8 Å². The van der Waals surface area contributed by atoms with E-state index < -0.39 is 17.2 Å². The van der Waals surface area contributed by atoms with Crippen LogP contribution in [0.4, 0.5) is 9.18 Å². The van der Waals surface area contributed by atoms with Gasteiger partial charge in [-0.25, -0.2) is 9.18 Å². The summed E-state index contributed by atoms with van der Waals surface area (Å²) in [6.07, 6.45) is 1.93. The quantitative estimate of drug-likeness (QED) is 0.726. The second kappa shape index (κ2) is 8.49. The number of carbonyl (C=O) groups is 2. The number of amides is 3. The SMILES string of the molecule is C[C@@H](Sc1nnc(-c2ccc(F)cc2)n1C[C@H]1CCCO1)C(=O)NC(N)=O. The van der Waals surface area contributed by atoms with Crippen LogP contribution in [0.3, 0.4) is 0 Å². The van der Waals surface area contributed by atoms with Gasteiger partial charge < -0.3 is 10.5 Å². The topological polar surface area (TPSA) is 112 Å². The number of urea groups is 1. The Hall–Kier alpha value is -2.46. The number of rotatable bonds is 6. The Morgan fingerprint density at radius 2 is 2.15 bits per heavy atom. The van der Waals surface area contributed by atoms with Gasteiger partial charge in [0.05, 0.1) is 17.9 Å². The minimum absolute atomic E-state index is 0.0225. The number of hydrogen-bond acceptors (Lipinski definition) is 6. The van der Waals surface area contributed by atoms with Gasteiger partial charge in [0, 0.05) is 12.2 Å². The van der Waals surface area contributed by atoms with E-state index >= 15 is 0 Å². The number of benzene rings is 1. The summed E-state index contributed by atoms with van der Waals surface area (Å²) in [5.74, 6) is -0.284. The van der Waals surface area contributed by atoms with E-state index in [1.807, 2.05) is 4.57 Å². The van der Waals surface area contributed by atoms with Gasteiger partial charge in [-0.1, -0.05) is 11.8 Å². The van der Waals surface area contributed by atoms with Crippen molar-refractivity contribution in [3.05, 3.63) is 30.1 Å². The van der Waals surface area contributed by atoms with Crippen molar-refractivity contribution in [2.24, 2.45) is 5.73 Å². The van der Waals surface area contributed by atoms with E-state index in [4.69, 9.17) is 10.5 Å². The van der Waals surface area contributed by atoms with Gasteiger partial charge in [0.1, 0.15) is 5.82 Å². The van der Waals surface area contributed by atoms with Crippen LogP contribution in [0.5, 0.6) is 0 Å². The minimum atomic E-state index is -0.903. The van der Waals surface area contributed by atoms with Gasteiger partial charge in [-0.3, -0.25) is 14.7 Å². The molecule has 8 nitrogen and oxygen atoms in total. The fourth-order valence-electron chi connectivity index (χ4n) is 2.78. The largest absolute Gasteiger partial charge is 0.376 e. The molecule has 2 aromatic rings. The Morgan fingerprint density at radius 1 is 1.41 bits per heavy atom. The van der Waals surface area contributed by atoms with Crippen LogP contribution in [0, 0.1) is 5.82 Å². The summed E-state index contributed by atoms with van der Waals surface area (Å²) in [7, 11) is 0. The molecule has 0 unspecified atom stereocenters. The average Bonchev–Trinajstić information content (AvgIpc) is 3.26. The first-order valence-electron chi connectivity index (χ1n) is 8.51. The molecule has 144 valence electrons. The van der Waals surface area contributed by atoms with Crippen LogP contribution < -0.4 is 11.1 Å². The van der Waals surface area contributed by atoms with E-state index in [1.165, 1.54) is 12.1 Å². The molecule has 0 aliphatic carbocycles. The van der Waals surface area contributed by atoms with Crippen molar-refractivity contribution in [3.8, 4) is 11.4 Å². The van der Waals surface area contributed by atoms with Crippen LogP contribution in [0.1, 0.15) is 19.8 Å². The van der Waals surface area contributed by atoms with Crippen LogP contribution in [-0.2, 0) is 16.1 Å². The second-order valence-electron chi connectivity index (χ2n) is 6.17. The molecule has 2 atom stereocenters. The first-order chi connectivity index (χ1) is 12.9. The van der Waals surface area contributed by atoms with E-state index in [0.717, 1.165) is 24.6 Å². The molecule has 0 spiro atoms. The number of primary amides is 1. The summed E-state index contributed by atoms with van der Waals surface area (Å²) in [6.45, 7) is 2.87. The fraction of sp³-hybridized carbons (Fsp3) is 0.412. The highest BCUT2D eigenvalue weighted by molar-refractivity contribution is 8.00. The highest BCUT2D eigenvalue weighted by Gasteiger charge is 2.25. The molecule has 3 rings (SSSR count). The van der Waals surface area contributed by atoms with Crippen LogP contribution in [0.2, 0.25) is 0 Å². The van der Waals surface area contributed by atoms with Crippen LogP contribution in [0.25, 0.3) is 11.4 Å². The zero-order valence-corrected chi connectivity index (χ0v) is 15.5. The van der Waals surface area contributed by atoms with Crippen LogP contribution in [-0.4, -0.2) is 44.7 Å². The summed E-state index contributed by atoms with van der Waals surface area (Å²) in [4.78, 5) is 22.9. The number of hydrogen-bond donors (Lipinski definition) is 2. The number of ether oxygens (including phenoxy) is 1. The fourth-order valence-corrected chi connectivity index (χ4v) is 3.64. The van der Waals surface area contributed by atoms with Crippen molar-refractivity contribution in [1.29, 1.82) is 0 Å². The third kappa shape index (κ3) is 4.83. The lowest BCUT2D eigenvalue weighted by molar-refractivity contribution is -0.119. The molecule has 1 aromatic carbocycles.